The van der Waals surface area contributed by atoms with Crippen molar-refractivity contribution in [3.05, 3.63) is 71.6 Å². The maximum absolute atomic E-state index is 18.3. The van der Waals surface area contributed by atoms with Crippen molar-refractivity contribution in [2.45, 2.75) is 117 Å². The van der Waals surface area contributed by atoms with E-state index in [2.05, 4.69) is 38.8 Å². The third-order valence-electron chi connectivity index (χ3n) is 15.7. The van der Waals surface area contributed by atoms with E-state index in [4.69, 9.17) is 14.2 Å². The Kier molecular flexibility index (Phi) is 13.6. The Morgan fingerprint density at radius 2 is 1.14 bits per heavy atom. The predicted octanol–water partition coefficient (Wildman–Crippen LogP) is 6.36. The lowest BCUT2D eigenvalue weighted by molar-refractivity contribution is -0.367. The van der Waals surface area contributed by atoms with Gasteiger partial charge in [-0.15, -0.1) is 0 Å². The number of allylic oxidation sites excluding steroid dienone is 1. The average Bonchev–Trinajstić information content (AvgIpc) is 3.99. The number of halogens is 2. The first-order valence-electron chi connectivity index (χ1n) is 26.1. The number of carbonyl (C=O) groups is 3. The Morgan fingerprint density at radius 3 is 1.67 bits per heavy atom. The lowest BCUT2D eigenvalue weighted by Crippen LogP contribution is -2.85. The highest BCUT2D eigenvalue weighted by molar-refractivity contribution is 6.58. The zero-order chi connectivity index (χ0) is 51.8. The van der Waals surface area contributed by atoms with Crippen molar-refractivity contribution >= 4 is 42.5 Å². The Labute approximate surface area is 425 Å². The number of piperazine rings is 2. The monoisotopic (exact) mass is 1000 g/mol. The standard InChI is InChI=1S/C52H78BF2N11O6/c1-48(2,3)70-45(67)58-26-24-57(25-27-59(46(68)71-49(4,5)6)29-31-60(30-28-58)47(69)72-50(7,8)9)43-21-19-41-44(38-16-13-12-14-17-38)40-18-20-42(65(40)53(54,55)66(41)43)56-36-39-37-63-33-32-61-22-15-23-62-34-35-64(39)52(63,11)51(61,62)10/h12-14,16-21,39,56H,15,22-37H2,1-11H3/t39?,51-,52+/m1/s1. The minimum absolute atomic E-state index is 0.0551. The molecule has 9 rings (SSSR count). The molecule has 5 fully saturated rings. The second kappa shape index (κ2) is 18.9. The Hall–Kier alpha value is -5.18. The molecule has 8 heterocycles. The van der Waals surface area contributed by atoms with Gasteiger partial charge >= 0.3 is 25.2 Å². The fraction of sp³-hybridized carbons (Fsp3) is 0.654. The van der Waals surface area contributed by atoms with Crippen LogP contribution in [0.25, 0.3) is 5.57 Å². The summed E-state index contributed by atoms with van der Waals surface area (Å²) < 4.78 is 56.6. The van der Waals surface area contributed by atoms with Crippen LogP contribution in [0, 0.1) is 0 Å². The summed E-state index contributed by atoms with van der Waals surface area (Å²) >= 11 is 0. The van der Waals surface area contributed by atoms with E-state index >= 15 is 8.63 Å². The van der Waals surface area contributed by atoms with Crippen molar-refractivity contribution in [3.8, 4) is 0 Å². The highest BCUT2D eigenvalue weighted by Crippen LogP contribution is 2.50. The van der Waals surface area contributed by atoms with Gasteiger partial charge in [-0.05, 0) is 106 Å². The number of amides is 3. The maximum Gasteiger partial charge on any atom is 0.640 e. The number of carbonyl (C=O) groups excluding carboxylic acids is 3. The first-order chi connectivity index (χ1) is 33.8. The van der Waals surface area contributed by atoms with Gasteiger partial charge in [0.05, 0.1) is 24.6 Å². The quantitative estimate of drug-likeness (QED) is 0.271. The third kappa shape index (κ3) is 9.60. The van der Waals surface area contributed by atoms with Gasteiger partial charge < -0.3 is 51.8 Å². The number of nitrogens with one attached hydrogen (secondary N) is 1. The summed E-state index contributed by atoms with van der Waals surface area (Å²) in [6.45, 7) is 24.1. The van der Waals surface area contributed by atoms with E-state index in [1.54, 1.807) is 80.5 Å². The van der Waals surface area contributed by atoms with Crippen LogP contribution in [0.4, 0.5) is 28.8 Å². The van der Waals surface area contributed by atoms with E-state index in [9.17, 15) is 14.4 Å². The molecule has 1 N–H and O–H groups in total. The Bertz CT molecular complexity index is 2450. The largest absolute Gasteiger partial charge is 0.640 e. The van der Waals surface area contributed by atoms with Crippen LogP contribution < -0.4 is 5.32 Å². The van der Waals surface area contributed by atoms with E-state index in [1.807, 2.05) is 41.3 Å². The topological polar surface area (TPSA) is 125 Å². The van der Waals surface area contributed by atoms with Gasteiger partial charge in [0, 0.05) is 102 Å². The summed E-state index contributed by atoms with van der Waals surface area (Å²) in [5.41, 5.74) is -0.595. The zero-order valence-electron chi connectivity index (χ0n) is 44.5. The van der Waals surface area contributed by atoms with Crippen LogP contribution in [0.5, 0.6) is 0 Å². The number of amidine groups is 1. The molecule has 20 heteroatoms. The lowest BCUT2D eigenvalue weighted by Gasteiger charge is -2.69. The third-order valence-corrected chi connectivity index (χ3v) is 15.7. The van der Waals surface area contributed by atoms with Gasteiger partial charge in [0.15, 0.2) is 0 Å². The second-order valence-electron chi connectivity index (χ2n) is 23.7. The minimum Gasteiger partial charge on any atom is -0.444 e. The molecule has 7 aliphatic heterocycles. The Balaban J connectivity index is 1.08. The number of hydrogen-bond donors (Lipinski definition) is 1. The molecule has 0 spiro atoms. The molecule has 72 heavy (non-hydrogen) atoms. The van der Waals surface area contributed by atoms with Crippen molar-refractivity contribution < 1.29 is 41.7 Å². The zero-order valence-corrected chi connectivity index (χ0v) is 44.5. The number of nitrogens with zero attached hydrogens (tertiary/aromatic N) is 10. The molecule has 0 aliphatic carbocycles. The summed E-state index contributed by atoms with van der Waals surface area (Å²) in [7, 11) is 0. The van der Waals surface area contributed by atoms with Gasteiger partial charge in [-0.1, -0.05) is 30.3 Å². The molecule has 1 aromatic carbocycles. The van der Waals surface area contributed by atoms with Crippen LogP contribution in [-0.4, -0.2) is 218 Å². The molecular formula is C52H78BF2N11O6. The van der Waals surface area contributed by atoms with Gasteiger partial charge in [-0.25, -0.2) is 14.4 Å². The number of rotatable bonds is 4. The van der Waals surface area contributed by atoms with Crippen molar-refractivity contribution in [3.63, 3.8) is 0 Å². The average molecular weight is 1000 g/mol. The predicted molar refractivity (Wildman–Crippen MR) is 275 cm³/mol. The van der Waals surface area contributed by atoms with Crippen molar-refractivity contribution in [2.24, 2.45) is 0 Å². The van der Waals surface area contributed by atoms with Crippen LogP contribution >= 0.6 is 0 Å². The van der Waals surface area contributed by atoms with Gasteiger partial charge in [0.2, 0.25) is 5.84 Å². The van der Waals surface area contributed by atoms with E-state index in [1.165, 1.54) is 30.1 Å². The van der Waals surface area contributed by atoms with Gasteiger partial charge in [-0.2, -0.15) is 0 Å². The molecule has 17 nitrogen and oxygen atoms in total. The molecule has 1 unspecified atom stereocenters. The summed E-state index contributed by atoms with van der Waals surface area (Å²) in [6, 6.07) is 13.4. The summed E-state index contributed by atoms with van der Waals surface area (Å²) in [4.78, 5) is 58.6. The van der Waals surface area contributed by atoms with Crippen LogP contribution in [0.1, 0.15) is 93.8 Å². The number of ether oxygens (including phenoxy) is 3. The van der Waals surface area contributed by atoms with Crippen molar-refractivity contribution in [1.29, 1.82) is 0 Å². The molecule has 1 aromatic heterocycles. The molecule has 0 bridgehead atoms. The van der Waals surface area contributed by atoms with E-state index in [0.717, 1.165) is 51.4 Å². The Morgan fingerprint density at radius 1 is 0.639 bits per heavy atom. The van der Waals surface area contributed by atoms with Gasteiger partial charge in [0.1, 0.15) is 41.2 Å². The molecule has 3 amide bonds. The van der Waals surface area contributed by atoms with Gasteiger partial charge in [0.25, 0.3) is 0 Å². The second-order valence-corrected chi connectivity index (χ2v) is 23.7. The van der Waals surface area contributed by atoms with Crippen LogP contribution in [0.2, 0.25) is 0 Å². The number of hydrogen-bond acceptors (Lipinski definition) is 12. The van der Waals surface area contributed by atoms with E-state index < -0.39 is 42.1 Å². The molecule has 2 aromatic rings. The van der Waals surface area contributed by atoms with Crippen molar-refractivity contribution in [1.82, 2.24) is 43.7 Å². The maximum atomic E-state index is 18.3. The number of fused-ring (bicyclic) bond motifs is 2. The smallest absolute Gasteiger partial charge is 0.444 e. The highest BCUT2D eigenvalue weighted by atomic mass is 19.2. The number of aromatic nitrogens is 1. The fourth-order valence-electron chi connectivity index (χ4n) is 12.2. The summed E-state index contributed by atoms with van der Waals surface area (Å²) in [5, 5.41) is 3.59. The molecule has 7 aliphatic rings. The molecular weight excluding hydrogens is 923 g/mol. The summed E-state index contributed by atoms with van der Waals surface area (Å²) in [6.07, 6.45) is 2.86. The lowest BCUT2D eigenvalue weighted by atomic mass is 9.83. The first-order valence-corrected chi connectivity index (χ1v) is 26.1. The molecule has 0 saturated carbocycles. The molecule has 3 atom stereocenters. The highest BCUT2D eigenvalue weighted by Gasteiger charge is 2.67. The van der Waals surface area contributed by atoms with Crippen LogP contribution in [-0.2, 0) is 14.2 Å². The number of anilines is 1. The fourth-order valence-corrected chi connectivity index (χ4v) is 12.2. The van der Waals surface area contributed by atoms with Crippen LogP contribution in [0.3, 0.4) is 0 Å². The van der Waals surface area contributed by atoms with E-state index in [-0.39, 0.29) is 75.6 Å². The van der Waals surface area contributed by atoms with Crippen LogP contribution in [0.15, 0.2) is 60.3 Å². The van der Waals surface area contributed by atoms with E-state index in [0.29, 0.717) is 29.3 Å². The molecule has 394 valence electrons. The first kappa shape index (κ1) is 51.7. The van der Waals surface area contributed by atoms with Gasteiger partial charge in [-0.3, -0.25) is 24.5 Å². The number of benzene rings is 1. The minimum atomic E-state index is -4.56. The SMILES string of the molecule is CC(C)(C)OC(=O)N1CCN(C(=O)OC(C)(C)C)CCN(C2=[N+]3C(=C(c4ccccc4)c4ccc(NCC5CN6CCN7CCCN8CCN5[C@@]6(C)[C@]78C)n4[B-]3(F)F)C=C2)CCN(C(=O)OC(C)(C)C)CC1. The normalized spacial score (nSPS) is 26.7. The molecule has 5 saturated heterocycles. The summed E-state index contributed by atoms with van der Waals surface area (Å²) in [5.74, 6) is 0.571. The molecule has 0 radical (unpaired) electrons. The van der Waals surface area contributed by atoms with Crippen molar-refractivity contribution in [2.75, 3.05) is 110 Å².